The van der Waals surface area contributed by atoms with Gasteiger partial charge in [-0.1, -0.05) is 36.4 Å². The van der Waals surface area contributed by atoms with E-state index in [2.05, 4.69) is 49.2 Å². The van der Waals surface area contributed by atoms with Crippen molar-refractivity contribution in [3.8, 4) is 17.1 Å². The zero-order chi connectivity index (χ0) is 22.3. The van der Waals surface area contributed by atoms with Crippen LogP contribution in [0.4, 0.5) is 0 Å². The van der Waals surface area contributed by atoms with Gasteiger partial charge in [0.1, 0.15) is 17.5 Å². The Morgan fingerprint density at radius 2 is 1.91 bits per heavy atom. The molecule has 3 aromatic heterocycles. The number of halogens is 1. The summed E-state index contributed by atoms with van der Waals surface area (Å²) in [5, 5.41) is 3.35. The standard InChI is InChI=1S/C24H28N8.HI/c1-4-25-24(29-15-19-10-11-23(28-14-19)32-13-12-26-18(32)2)31(3)17-22-27-16-21(30-22)20-8-6-5-7-9-20;/h5-14,16H,4,15,17H2,1-3H3,(H,25,29)(H,27,30);1H. The van der Waals surface area contributed by atoms with E-state index in [4.69, 9.17) is 4.99 Å². The summed E-state index contributed by atoms with van der Waals surface area (Å²) in [6.45, 7) is 5.97. The minimum Gasteiger partial charge on any atom is -0.357 e. The van der Waals surface area contributed by atoms with Crippen LogP contribution in [0.1, 0.15) is 24.1 Å². The Bertz CT molecular complexity index is 1160. The molecule has 0 fully saturated rings. The maximum absolute atomic E-state index is 4.79. The van der Waals surface area contributed by atoms with Crippen molar-refractivity contribution in [1.29, 1.82) is 0 Å². The Hall–Kier alpha value is -3.21. The Morgan fingerprint density at radius 3 is 2.58 bits per heavy atom. The molecule has 9 heteroatoms. The van der Waals surface area contributed by atoms with E-state index in [-0.39, 0.29) is 24.0 Å². The van der Waals surface area contributed by atoms with Gasteiger partial charge in [-0.15, -0.1) is 24.0 Å². The fraction of sp³-hybridized carbons (Fsp3) is 0.250. The predicted octanol–water partition coefficient (Wildman–Crippen LogP) is 4.18. The quantitative estimate of drug-likeness (QED) is 0.203. The molecule has 4 aromatic rings. The number of aromatic nitrogens is 5. The van der Waals surface area contributed by atoms with E-state index in [1.807, 2.05) is 67.5 Å². The summed E-state index contributed by atoms with van der Waals surface area (Å²) in [5.74, 6) is 3.47. The van der Waals surface area contributed by atoms with Crippen LogP contribution in [0.25, 0.3) is 17.1 Å². The van der Waals surface area contributed by atoms with E-state index in [0.29, 0.717) is 13.1 Å². The highest BCUT2D eigenvalue weighted by atomic mass is 127. The molecule has 0 radical (unpaired) electrons. The van der Waals surface area contributed by atoms with Gasteiger partial charge in [0.05, 0.1) is 25.0 Å². The van der Waals surface area contributed by atoms with Crippen molar-refractivity contribution in [1.82, 2.24) is 34.7 Å². The number of nitrogens with one attached hydrogen (secondary N) is 2. The van der Waals surface area contributed by atoms with Gasteiger partial charge in [-0.05, 0) is 31.0 Å². The van der Waals surface area contributed by atoms with E-state index in [1.165, 1.54) is 0 Å². The molecule has 3 heterocycles. The third-order valence-electron chi connectivity index (χ3n) is 5.09. The number of guanidine groups is 1. The Labute approximate surface area is 211 Å². The van der Waals surface area contributed by atoms with Crippen LogP contribution in [0.15, 0.2) is 72.2 Å². The van der Waals surface area contributed by atoms with Crippen LogP contribution >= 0.6 is 24.0 Å². The molecule has 0 aliphatic carbocycles. The van der Waals surface area contributed by atoms with Gasteiger partial charge in [-0.3, -0.25) is 4.57 Å². The molecule has 0 amide bonds. The molecule has 0 saturated carbocycles. The summed E-state index contributed by atoms with van der Waals surface area (Å²) in [6, 6.07) is 14.2. The van der Waals surface area contributed by atoms with Crippen LogP contribution in [0.5, 0.6) is 0 Å². The number of aromatic amines is 1. The SMILES string of the molecule is CCNC(=NCc1ccc(-n2ccnc2C)nc1)N(C)Cc1ncc(-c2ccccc2)[nH]1.I. The highest BCUT2D eigenvalue weighted by Gasteiger charge is 2.10. The van der Waals surface area contributed by atoms with Crippen molar-refractivity contribution in [2.24, 2.45) is 4.99 Å². The fourth-order valence-electron chi connectivity index (χ4n) is 3.42. The first-order valence-electron chi connectivity index (χ1n) is 10.7. The Morgan fingerprint density at radius 1 is 1.09 bits per heavy atom. The zero-order valence-electron chi connectivity index (χ0n) is 19.1. The van der Waals surface area contributed by atoms with Gasteiger partial charge in [-0.2, -0.15) is 0 Å². The van der Waals surface area contributed by atoms with Gasteiger partial charge in [0.2, 0.25) is 0 Å². The first-order valence-corrected chi connectivity index (χ1v) is 10.7. The molecular weight excluding hydrogens is 527 g/mol. The van der Waals surface area contributed by atoms with E-state index in [9.17, 15) is 0 Å². The number of aliphatic imine (C=N–C) groups is 1. The number of imidazole rings is 2. The van der Waals surface area contributed by atoms with Crippen molar-refractivity contribution in [3.63, 3.8) is 0 Å². The molecule has 0 atom stereocenters. The van der Waals surface area contributed by atoms with Crippen molar-refractivity contribution in [3.05, 3.63) is 84.5 Å². The molecule has 172 valence electrons. The second-order valence-electron chi connectivity index (χ2n) is 7.50. The Balaban J connectivity index is 0.00000306. The highest BCUT2D eigenvalue weighted by Crippen LogP contribution is 2.16. The zero-order valence-corrected chi connectivity index (χ0v) is 21.4. The molecule has 0 aliphatic heterocycles. The molecule has 0 spiro atoms. The first-order chi connectivity index (χ1) is 15.6. The topological polar surface area (TPSA) is 87.0 Å². The van der Waals surface area contributed by atoms with Gasteiger partial charge in [-0.25, -0.2) is 19.9 Å². The molecule has 0 bridgehead atoms. The van der Waals surface area contributed by atoms with E-state index in [0.717, 1.165) is 46.8 Å². The summed E-state index contributed by atoms with van der Waals surface area (Å²) in [6.07, 6.45) is 7.42. The van der Waals surface area contributed by atoms with E-state index >= 15 is 0 Å². The number of aryl methyl sites for hydroxylation is 1. The summed E-state index contributed by atoms with van der Waals surface area (Å²) in [7, 11) is 2.01. The van der Waals surface area contributed by atoms with Crippen molar-refractivity contribution in [2.75, 3.05) is 13.6 Å². The summed E-state index contributed by atoms with van der Waals surface area (Å²) >= 11 is 0. The van der Waals surface area contributed by atoms with E-state index < -0.39 is 0 Å². The molecule has 1 aromatic carbocycles. The molecule has 0 aliphatic rings. The van der Waals surface area contributed by atoms with E-state index in [1.54, 1.807) is 6.20 Å². The summed E-state index contributed by atoms with van der Waals surface area (Å²) in [5.41, 5.74) is 3.17. The second-order valence-corrected chi connectivity index (χ2v) is 7.50. The number of hydrogen-bond acceptors (Lipinski definition) is 4. The van der Waals surface area contributed by atoms with Crippen LogP contribution in [0.2, 0.25) is 0 Å². The molecular formula is C24H29IN8. The van der Waals surface area contributed by atoms with Gasteiger partial charge >= 0.3 is 0 Å². The van der Waals surface area contributed by atoms with Gasteiger partial charge in [0.25, 0.3) is 0 Å². The van der Waals surface area contributed by atoms with Crippen molar-refractivity contribution < 1.29 is 0 Å². The monoisotopic (exact) mass is 556 g/mol. The Kier molecular flexibility index (Phi) is 8.58. The third kappa shape index (κ3) is 6.19. The molecule has 2 N–H and O–H groups in total. The molecule has 0 saturated heterocycles. The van der Waals surface area contributed by atoms with Crippen LogP contribution < -0.4 is 5.32 Å². The van der Waals surface area contributed by atoms with Gasteiger partial charge < -0.3 is 15.2 Å². The van der Waals surface area contributed by atoms with Crippen molar-refractivity contribution in [2.45, 2.75) is 26.9 Å². The van der Waals surface area contributed by atoms with Gasteiger partial charge in [0, 0.05) is 32.2 Å². The van der Waals surface area contributed by atoms with Crippen LogP contribution in [-0.2, 0) is 13.1 Å². The number of benzene rings is 1. The number of pyridine rings is 1. The average molecular weight is 556 g/mol. The van der Waals surface area contributed by atoms with Gasteiger partial charge in [0.15, 0.2) is 5.96 Å². The predicted molar refractivity (Wildman–Crippen MR) is 142 cm³/mol. The first kappa shape index (κ1) is 24.4. The third-order valence-corrected chi connectivity index (χ3v) is 5.09. The number of rotatable bonds is 7. The maximum Gasteiger partial charge on any atom is 0.194 e. The van der Waals surface area contributed by atoms with Crippen LogP contribution in [0, 0.1) is 6.92 Å². The molecule has 0 unspecified atom stereocenters. The number of hydrogen-bond donors (Lipinski definition) is 2. The minimum absolute atomic E-state index is 0. The minimum atomic E-state index is 0. The number of H-pyrrole nitrogens is 1. The van der Waals surface area contributed by atoms with Crippen molar-refractivity contribution >= 4 is 29.9 Å². The number of nitrogens with zero attached hydrogens (tertiary/aromatic N) is 6. The average Bonchev–Trinajstić information content (AvgIpc) is 3.46. The second kappa shape index (κ2) is 11.6. The lowest BCUT2D eigenvalue weighted by molar-refractivity contribution is 0.464. The highest BCUT2D eigenvalue weighted by molar-refractivity contribution is 14.0. The molecule has 4 rings (SSSR count). The smallest absolute Gasteiger partial charge is 0.194 e. The lowest BCUT2D eigenvalue weighted by atomic mass is 10.2. The molecule has 8 nitrogen and oxygen atoms in total. The lowest BCUT2D eigenvalue weighted by Gasteiger charge is -2.21. The fourth-order valence-corrected chi connectivity index (χ4v) is 3.42. The molecule has 33 heavy (non-hydrogen) atoms. The van der Waals surface area contributed by atoms with Crippen LogP contribution in [0.3, 0.4) is 0 Å². The summed E-state index contributed by atoms with van der Waals surface area (Å²) in [4.78, 5) is 23.6. The lowest BCUT2D eigenvalue weighted by Crippen LogP contribution is -2.38. The normalized spacial score (nSPS) is 11.2. The summed E-state index contributed by atoms with van der Waals surface area (Å²) < 4.78 is 1.96. The largest absolute Gasteiger partial charge is 0.357 e. The maximum atomic E-state index is 4.79. The van der Waals surface area contributed by atoms with Crippen LogP contribution in [-0.4, -0.2) is 49.0 Å².